The molecular formula is C10H2N2O4S4. The van der Waals surface area contributed by atoms with E-state index in [-0.39, 0.29) is 23.6 Å². The molecule has 0 fully saturated rings. The average Bonchev–Trinajstić information content (AvgIpc) is 3.09. The fraction of sp³-hybridized carbons (Fsp3) is 0. The van der Waals surface area contributed by atoms with Crippen LogP contribution in [0.15, 0.2) is 28.1 Å². The zero-order valence-electron chi connectivity index (χ0n) is 9.27. The van der Waals surface area contributed by atoms with Crippen LogP contribution >= 0.6 is 47.0 Å². The summed E-state index contributed by atoms with van der Waals surface area (Å²) in [4.78, 5) is 47.7. The molecule has 4 aliphatic rings. The highest BCUT2D eigenvalue weighted by Gasteiger charge is 2.43. The molecule has 4 heterocycles. The molecule has 0 atom stereocenters. The van der Waals surface area contributed by atoms with E-state index >= 15 is 0 Å². The van der Waals surface area contributed by atoms with Gasteiger partial charge in [-0.3, -0.25) is 29.8 Å². The molecule has 0 aromatic rings. The molecule has 0 saturated heterocycles. The topological polar surface area (TPSA) is 92.3 Å². The smallest absolute Gasteiger partial charge is 0.266 e. The fourth-order valence-corrected chi connectivity index (χ4v) is 7.02. The molecule has 20 heavy (non-hydrogen) atoms. The molecule has 6 nitrogen and oxygen atoms in total. The summed E-state index contributed by atoms with van der Waals surface area (Å²) in [5, 5.41) is 4.45. The molecule has 0 spiro atoms. The van der Waals surface area contributed by atoms with Crippen molar-refractivity contribution in [1.29, 1.82) is 0 Å². The van der Waals surface area contributed by atoms with Crippen molar-refractivity contribution in [3.63, 3.8) is 0 Å². The Labute approximate surface area is 128 Å². The van der Waals surface area contributed by atoms with E-state index in [1.165, 1.54) is 47.0 Å². The van der Waals surface area contributed by atoms with E-state index in [4.69, 9.17) is 0 Å². The van der Waals surface area contributed by atoms with Gasteiger partial charge in [0.25, 0.3) is 23.6 Å². The molecule has 4 aliphatic heterocycles. The van der Waals surface area contributed by atoms with Gasteiger partial charge in [-0.2, -0.15) is 0 Å². The quantitative estimate of drug-likeness (QED) is 0.625. The van der Waals surface area contributed by atoms with Crippen LogP contribution < -0.4 is 10.6 Å². The monoisotopic (exact) mass is 342 g/mol. The second-order valence-corrected chi connectivity index (χ2v) is 8.47. The van der Waals surface area contributed by atoms with Gasteiger partial charge in [-0.05, 0) is 0 Å². The van der Waals surface area contributed by atoms with Gasteiger partial charge in [-0.25, -0.2) is 0 Å². The van der Waals surface area contributed by atoms with E-state index in [0.717, 1.165) is 8.47 Å². The maximum absolute atomic E-state index is 11.5. The molecule has 2 N–H and O–H groups in total. The van der Waals surface area contributed by atoms with Crippen molar-refractivity contribution >= 4 is 70.7 Å². The maximum Gasteiger partial charge on any atom is 0.266 e. The third-order valence-corrected chi connectivity index (χ3v) is 8.35. The van der Waals surface area contributed by atoms with Crippen molar-refractivity contribution in [2.45, 2.75) is 0 Å². The summed E-state index contributed by atoms with van der Waals surface area (Å²) in [5.74, 6) is -1.55. The third-order valence-electron chi connectivity index (χ3n) is 2.64. The summed E-state index contributed by atoms with van der Waals surface area (Å²) >= 11 is 4.84. The highest BCUT2D eigenvalue weighted by molar-refractivity contribution is 8.35. The van der Waals surface area contributed by atoms with Gasteiger partial charge in [-0.15, -0.1) is 0 Å². The standard InChI is InChI=1S/C10H2N2O4S4/c13-5-1-2(6(14)11-5)18-9(17-1)10-19-3-4(20-10)8(16)12-7(3)15/h(H,11,13,14)(H,12,15,16). The first-order valence-electron chi connectivity index (χ1n) is 5.20. The molecule has 0 unspecified atom stereocenters. The first-order chi connectivity index (χ1) is 9.54. The molecule has 0 bridgehead atoms. The molecule has 0 aromatic heterocycles. The van der Waals surface area contributed by atoms with Crippen LogP contribution in [0.5, 0.6) is 0 Å². The van der Waals surface area contributed by atoms with Gasteiger partial charge in [0, 0.05) is 0 Å². The Kier molecular flexibility index (Phi) is 2.65. The lowest BCUT2D eigenvalue weighted by Gasteiger charge is -2.05. The Morgan fingerprint density at radius 1 is 0.500 bits per heavy atom. The highest BCUT2D eigenvalue weighted by atomic mass is 32.2. The molecule has 4 rings (SSSR count). The molecule has 10 heteroatoms. The van der Waals surface area contributed by atoms with Crippen molar-refractivity contribution in [3.8, 4) is 0 Å². The second-order valence-electron chi connectivity index (χ2n) is 3.87. The highest BCUT2D eigenvalue weighted by Crippen LogP contribution is 2.61. The first-order valence-corrected chi connectivity index (χ1v) is 8.47. The van der Waals surface area contributed by atoms with E-state index in [1.807, 2.05) is 0 Å². The maximum atomic E-state index is 11.5. The Bertz CT molecular complexity index is 630. The van der Waals surface area contributed by atoms with Gasteiger partial charge in [-0.1, -0.05) is 47.0 Å². The number of nitrogens with one attached hydrogen (secondary N) is 2. The molecule has 0 aromatic carbocycles. The van der Waals surface area contributed by atoms with E-state index < -0.39 is 0 Å². The second kappa shape index (κ2) is 4.20. The van der Waals surface area contributed by atoms with Crippen molar-refractivity contribution in [2.75, 3.05) is 0 Å². The normalized spacial score (nSPS) is 24.8. The Balaban J connectivity index is 1.64. The lowest BCUT2D eigenvalue weighted by Crippen LogP contribution is -2.23. The molecule has 0 aliphatic carbocycles. The summed E-state index contributed by atoms with van der Waals surface area (Å²) < 4.78 is 1.53. The number of hydrogen-bond acceptors (Lipinski definition) is 8. The zero-order chi connectivity index (χ0) is 14.0. The van der Waals surface area contributed by atoms with Crippen LogP contribution in [0.2, 0.25) is 0 Å². The van der Waals surface area contributed by atoms with E-state index in [0.29, 0.717) is 19.6 Å². The number of carbonyl (C=O) groups excluding carboxylic acids is 4. The van der Waals surface area contributed by atoms with Gasteiger partial charge in [0.15, 0.2) is 0 Å². The van der Waals surface area contributed by atoms with E-state index in [2.05, 4.69) is 10.6 Å². The van der Waals surface area contributed by atoms with Crippen LogP contribution in [0, 0.1) is 0 Å². The Morgan fingerprint density at radius 3 is 1.00 bits per heavy atom. The minimum Gasteiger partial charge on any atom is -0.287 e. The van der Waals surface area contributed by atoms with Crippen LogP contribution in [-0.4, -0.2) is 23.6 Å². The van der Waals surface area contributed by atoms with Crippen LogP contribution in [0.1, 0.15) is 0 Å². The zero-order valence-corrected chi connectivity index (χ0v) is 12.5. The number of carbonyl (C=O) groups is 4. The predicted molar refractivity (Wildman–Crippen MR) is 77.7 cm³/mol. The summed E-state index contributed by atoms with van der Waals surface area (Å²) in [5.41, 5.74) is 0. The lowest BCUT2D eigenvalue weighted by atomic mass is 10.5. The Morgan fingerprint density at radius 2 is 0.750 bits per heavy atom. The molecular weight excluding hydrogens is 340 g/mol. The molecule has 0 radical (unpaired) electrons. The third kappa shape index (κ3) is 1.65. The number of rotatable bonds is 0. The predicted octanol–water partition coefficient (Wildman–Crippen LogP) is 0.809. The number of imide groups is 2. The molecule has 4 amide bonds. The van der Waals surface area contributed by atoms with Gasteiger partial charge >= 0.3 is 0 Å². The summed E-state index contributed by atoms with van der Waals surface area (Å²) in [7, 11) is 0. The Hall–Kier alpha value is -1.10. The number of thioether (sulfide) groups is 4. The summed E-state index contributed by atoms with van der Waals surface area (Å²) in [6.07, 6.45) is 0. The fourth-order valence-electron chi connectivity index (χ4n) is 1.80. The van der Waals surface area contributed by atoms with E-state index in [1.54, 1.807) is 0 Å². The van der Waals surface area contributed by atoms with Gasteiger partial charge in [0.2, 0.25) is 0 Å². The largest absolute Gasteiger partial charge is 0.287 e. The van der Waals surface area contributed by atoms with Crippen molar-refractivity contribution < 1.29 is 19.2 Å². The number of hydrogen-bond donors (Lipinski definition) is 2. The summed E-state index contributed by atoms with van der Waals surface area (Å²) in [6.45, 7) is 0. The van der Waals surface area contributed by atoms with Crippen molar-refractivity contribution in [3.05, 3.63) is 28.1 Å². The number of amides is 4. The lowest BCUT2D eigenvalue weighted by molar-refractivity contribution is -0.125. The van der Waals surface area contributed by atoms with Crippen molar-refractivity contribution in [2.24, 2.45) is 0 Å². The van der Waals surface area contributed by atoms with Crippen LogP contribution in [0.4, 0.5) is 0 Å². The van der Waals surface area contributed by atoms with Crippen molar-refractivity contribution in [1.82, 2.24) is 10.6 Å². The minimum atomic E-state index is -0.389. The van der Waals surface area contributed by atoms with Crippen LogP contribution in [0.25, 0.3) is 0 Å². The van der Waals surface area contributed by atoms with Gasteiger partial charge in [0.1, 0.15) is 0 Å². The van der Waals surface area contributed by atoms with Crippen LogP contribution in [-0.2, 0) is 19.2 Å². The molecule has 0 saturated carbocycles. The van der Waals surface area contributed by atoms with E-state index in [9.17, 15) is 19.2 Å². The average molecular weight is 342 g/mol. The first kappa shape index (κ1) is 12.6. The SMILES string of the molecule is O=C1NC(=O)C2=C1SC(=C1SC3=C(S1)C(=O)NC3=O)S2. The minimum absolute atomic E-state index is 0.389. The summed E-state index contributed by atoms with van der Waals surface area (Å²) in [6, 6.07) is 0. The van der Waals surface area contributed by atoms with Gasteiger partial charge < -0.3 is 0 Å². The van der Waals surface area contributed by atoms with Crippen LogP contribution in [0.3, 0.4) is 0 Å². The molecule has 100 valence electrons. The van der Waals surface area contributed by atoms with Gasteiger partial charge in [0.05, 0.1) is 28.1 Å².